The average molecular weight is 629 g/mol. The van der Waals surface area contributed by atoms with Gasteiger partial charge in [0.2, 0.25) is 5.91 Å². The van der Waals surface area contributed by atoms with Crippen LogP contribution in [0.25, 0.3) is 0 Å². The molecule has 0 saturated heterocycles. The maximum Gasteiger partial charge on any atom is 0.269 e. The van der Waals surface area contributed by atoms with Crippen LogP contribution in [0.15, 0.2) is 78.9 Å². The molecule has 4 atom stereocenters. The van der Waals surface area contributed by atoms with Gasteiger partial charge in [-0.1, -0.05) is 55.5 Å². The van der Waals surface area contributed by atoms with Crippen LogP contribution in [-0.4, -0.2) is 61.6 Å². The minimum absolute atomic E-state index is 0.0156. The summed E-state index contributed by atoms with van der Waals surface area (Å²) in [7, 11) is 0. The van der Waals surface area contributed by atoms with Gasteiger partial charge in [-0.2, -0.15) is 0 Å². The van der Waals surface area contributed by atoms with Crippen molar-refractivity contribution in [1.82, 2.24) is 4.90 Å². The molecule has 5 rings (SSSR count). The van der Waals surface area contributed by atoms with Crippen LogP contribution in [-0.2, 0) is 39.5 Å². The largest absolute Gasteiger partial charge is 0.394 e. The molecule has 0 unspecified atom stereocenters. The Bertz CT molecular complexity index is 1710. The summed E-state index contributed by atoms with van der Waals surface area (Å²) in [6.07, 6.45) is 2.40. The maximum atomic E-state index is 14.0. The molecule has 2 aliphatic rings. The van der Waals surface area contributed by atoms with E-state index in [4.69, 9.17) is 0 Å². The number of rotatable bonds is 10. The maximum absolute atomic E-state index is 14.0. The first kappa shape index (κ1) is 32.5. The molecule has 0 aliphatic carbocycles. The predicted octanol–water partition coefficient (Wildman–Crippen LogP) is 3.18. The van der Waals surface area contributed by atoms with Crippen LogP contribution >= 0.6 is 0 Å². The van der Waals surface area contributed by atoms with E-state index in [1.54, 1.807) is 48.2 Å². The molecule has 0 aromatic heterocycles. The summed E-state index contributed by atoms with van der Waals surface area (Å²) >= 11 is 0. The number of hydrogen-bond acceptors (Lipinski definition) is 8. The fourth-order valence-electron chi connectivity index (χ4n) is 6.05. The number of nitro groups is 1. The molecule has 12 nitrogen and oxygen atoms in total. The molecule has 3 aromatic rings. The van der Waals surface area contributed by atoms with Crippen molar-refractivity contribution < 1.29 is 34.6 Å². The third-order valence-electron chi connectivity index (χ3n) is 8.64. The summed E-state index contributed by atoms with van der Waals surface area (Å²) < 4.78 is 0. The normalized spacial score (nSPS) is 20.3. The molecule has 12 heteroatoms. The lowest BCUT2D eigenvalue weighted by molar-refractivity contribution is -0.385. The Balaban J connectivity index is 1.38. The van der Waals surface area contributed by atoms with Crippen molar-refractivity contribution in [2.24, 2.45) is 5.92 Å². The van der Waals surface area contributed by atoms with Gasteiger partial charge in [-0.15, -0.1) is 0 Å². The lowest BCUT2D eigenvalue weighted by Crippen LogP contribution is -2.46. The summed E-state index contributed by atoms with van der Waals surface area (Å²) in [5.74, 6) is -2.40. The van der Waals surface area contributed by atoms with Gasteiger partial charge >= 0.3 is 0 Å². The van der Waals surface area contributed by atoms with Gasteiger partial charge in [0.1, 0.15) is 6.10 Å². The second kappa shape index (κ2) is 13.2. The van der Waals surface area contributed by atoms with Crippen LogP contribution < -0.4 is 10.2 Å². The van der Waals surface area contributed by atoms with Crippen LogP contribution in [0.1, 0.15) is 42.5 Å². The van der Waals surface area contributed by atoms with E-state index in [0.717, 1.165) is 11.1 Å². The van der Waals surface area contributed by atoms with E-state index in [2.05, 4.69) is 5.32 Å². The number of nitrogens with zero attached hydrogens (tertiary/aromatic N) is 3. The summed E-state index contributed by atoms with van der Waals surface area (Å²) in [4.78, 5) is 53.2. The van der Waals surface area contributed by atoms with E-state index < -0.39 is 34.4 Å². The average Bonchev–Trinajstić information content (AvgIpc) is 3.26. The number of fused-ring (bicyclic) bond motifs is 2. The summed E-state index contributed by atoms with van der Waals surface area (Å²) in [6.45, 7) is 3.10. The predicted molar refractivity (Wildman–Crippen MR) is 169 cm³/mol. The number of nitrogens with one attached hydrogen (secondary N) is 1. The van der Waals surface area contributed by atoms with Crippen molar-refractivity contribution in [3.05, 3.63) is 111 Å². The Morgan fingerprint density at radius 3 is 2.54 bits per heavy atom. The lowest BCUT2D eigenvalue weighted by Gasteiger charge is -2.36. The third kappa shape index (κ3) is 6.27. The van der Waals surface area contributed by atoms with Gasteiger partial charge in [0.05, 0.1) is 29.8 Å². The second-order valence-corrected chi connectivity index (χ2v) is 11.7. The SMILES string of the molecule is C[C@H](O)C(=O)Nc1cccc(CN2C(=O)[C@](O)([C@H](C)/C=C/CC(=O)N3Cc4ccccc4C[C@H]3CO)c3cc([N+](=O)[O-])ccc32)c1. The van der Waals surface area contributed by atoms with Gasteiger partial charge in [-0.05, 0) is 48.2 Å². The Morgan fingerprint density at radius 1 is 1.11 bits per heavy atom. The van der Waals surface area contributed by atoms with Crippen molar-refractivity contribution in [3.8, 4) is 0 Å². The van der Waals surface area contributed by atoms with Crippen molar-refractivity contribution in [2.75, 3.05) is 16.8 Å². The van der Waals surface area contributed by atoms with E-state index in [0.29, 0.717) is 29.9 Å². The number of carbonyl (C=O) groups is 3. The van der Waals surface area contributed by atoms with E-state index in [1.165, 1.54) is 30.0 Å². The van der Waals surface area contributed by atoms with Gasteiger partial charge in [-0.3, -0.25) is 24.5 Å². The highest BCUT2D eigenvalue weighted by Crippen LogP contribution is 2.47. The Labute approximate surface area is 265 Å². The van der Waals surface area contributed by atoms with Crippen LogP contribution in [0.2, 0.25) is 0 Å². The molecule has 3 amide bonds. The Morgan fingerprint density at radius 2 is 1.85 bits per heavy atom. The highest BCUT2D eigenvalue weighted by molar-refractivity contribution is 6.07. The van der Waals surface area contributed by atoms with Crippen LogP contribution in [0.4, 0.5) is 17.1 Å². The third-order valence-corrected chi connectivity index (χ3v) is 8.64. The Kier molecular flexibility index (Phi) is 9.33. The number of carbonyl (C=O) groups excluding carboxylic acids is 3. The number of non-ortho nitro benzene ring substituents is 1. The number of nitro benzene ring substituents is 1. The minimum atomic E-state index is -2.17. The van der Waals surface area contributed by atoms with E-state index in [1.807, 2.05) is 24.3 Å². The molecular formula is C34H36N4O8. The van der Waals surface area contributed by atoms with E-state index >= 15 is 0 Å². The molecule has 0 radical (unpaired) electrons. The molecule has 3 aromatic carbocycles. The van der Waals surface area contributed by atoms with Crippen molar-refractivity contribution in [3.63, 3.8) is 0 Å². The number of amides is 3. The number of aliphatic hydroxyl groups excluding tert-OH is 2. The van der Waals surface area contributed by atoms with Gasteiger partial charge in [0, 0.05) is 42.3 Å². The summed E-state index contributed by atoms with van der Waals surface area (Å²) in [5.41, 5.74) is 1.00. The zero-order valence-corrected chi connectivity index (χ0v) is 25.5. The van der Waals surface area contributed by atoms with Crippen LogP contribution in [0.5, 0.6) is 0 Å². The van der Waals surface area contributed by atoms with Crippen molar-refractivity contribution in [2.45, 2.75) is 57.5 Å². The second-order valence-electron chi connectivity index (χ2n) is 11.7. The van der Waals surface area contributed by atoms with Crippen LogP contribution in [0.3, 0.4) is 0 Å². The van der Waals surface area contributed by atoms with Crippen molar-refractivity contribution in [1.29, 1.82) is 0 Å². The Hall–Kier alpha value is -4.91. The monoisotopic (exact) mass is 628 g/mol. The van der Waals surface area contributed by atoms with Gasteiger partial charge < -0.3 is 30.4 Å². The molecule has 2 heterocycles. The first-order valence-corrected chi connectivity index (χ1v) is 15.0. The zero-order chi connectivity index (χ0) is 33.2. The lowest BCUT2D eigenvalue weighted by atomic mass is 9.82. The molecule has 2 aliphatic heterocycles. The van der Waals surface area contributed by atoms with Gasteiger partial charge in [0.25, 0.3) is 17.5 Å². The molecule has 0 bridgehead atoms. The molecule has 4 N–H and O–H groups in total. The molecule has 240 valence electrons. The quantitative estimate of drug-likeness (QED) is 0.151. The fourth-order valence-corrected chi connectivity index (χ4v) is 6.05. The number of benzene rings is 3. The van der Waals surface area contributed by atoms with Gasteiger partial charge in [-0.25, -0.2) is 0 Å². The number of anilines is 2. The van der Waals surface area contributed by atoms with Crippen molar-refractivity contribution >= 4 is 34.8 Å². The fraction of sp³-hybridized carbons (Fsp3) is 0.324. The minimum Gasteiger partial charge on any atom is -0.394 e. The van der Waals surface area contributed by atoms with E-state index in [9.17, 15) is 39.8 Å². The molecule has 46 heavy (non-hydrogen) atoms. The van der Waals surface area contributed by atoms with Crippen LogP contribution in [0, 0.1) is 16.0 Å². The van der Waals surface area contributed by atoms with E-state index in [-0.39, 0.29) is 42.8 Å². The topological polar surface area (TPSA) is 174 Å². The summed E-state index contributed by atoms with van der Waals surface area (Å²) in [5, 5.41) is 45.7. The first-order chi connectivity index (χ1) is 21.9. The molecule has 0 spiro atoms. The number of aliphatic hydroxyl groups is 3. The summed E-state index contributed by atoms with van der Waals surface area (Å²) in [6, 6.07) is 17.9. The molecular weight excluding hydrogens is 592 g/mol. The molecule has 0 fully saturated rings. The smallest absolute Gasteiger partial charge is 0.269 e. The standard InChI is InChI=1S/C34H36N4O8/c1-21(7-5-12-31(41)36-19-25-10-4-3-9-24(25)16-28(36)20-39)34(44)29-17-27(38(45)46)13-14-30(29)37(33(34)43)18-23-8-6-11-26(15-23)35-32(42)22(2)40/h3-11,13-15,17,21-22,28,39-40,44H,12,16,18-20H2,1-2H3,(H,35,42)/b7-5+/t21-,22+,28+,34+/m1/s1. The molecule has 0 saturated carbocycles. The zero-order valence-electron chi connectivity index (χ0n) is 25.5. The van der Waals surface area contributed by atoms with Gasteiger partial charge in [0.15, 0.2) is 5.60 Å². The highest BCUT2D eigenvalue weighted by atomic mass is 16.6. The number of hydrogen-bond donors (Lipinski definition) is 4. The first-order valence-electron chi connectivity index (χ1n) is 15.0. The highest BCUT2D eigenvalue weighted by Gasteiger charge is 2.53.